The van der Waals surface area contributed by atoms with Gasteiger partial charge in [-0.1, -0.05) is 79.9 Å². The minimum atomic E-state index is -1.46. The summed E-state index contributed by atoms with van der Waals surface area (Å²) < 4.78 is 5.86. The van der Waals surface area contributed by atoms with Crippen LogP contribution in [-0.2, 0) is 17.0 Å². The number of aromatic nitrogens is 1. The third-order valence-electron chi connectivity index (χ3n) is 7.60. The molecule has 1 aliphatic heterocycles. The van der Waals surface area contributed by atoms with Crippen LogP contribution in [0.4, 0.5) is 5.82 Å². The minimum Gasteiger partial charge on any atom is -0.487 e. The van der Waals surface area contributed by atoms with Crippen LogP contribution in [0.25, 0.3) is 0 Å². The van der Waals surface area contributed by atoms with Crippen molar-refractivity contribution in [2.45, 2.75) is 44.3 Å². The van der Waals surface area contributed by atoms with Gasteiger partial charge in [-0.05, 0) is 36.1 Å². The third kappa shape index (κ3) is 5.24. The Morgan fingerprint density at radius 2 is 1.56 bits per heavy atom. The van der Waals surface area contributed by atoms with Gasteiger partial charge in [0.05, 0.1) is 6.20 Å². The van der Waals surface area contributed by atoms with Crippen molar-refractivity contribution >= 4 is 11.7 Å². The molecule has 3 aromatic rings. The van der Waals surface area contributed by atoms with Crippen molar-refractivity contribution in [2.24, 2.45) is 5.92 Å². The fraction of sp³-hybridized carbons (Fsp3) is 0.400. The van der Waals surface area contributed by atoms with E-state index in [2.05, 4.69) is 9.88 Å². The number of nitrogens with zero attached hydrogens (tertiary/aromatic N) is 3. The van der Waals surface area contributed by atoms with Crippen LogP contribution in [0.1, 0.15) is 43.2 Å². The zero-order valence-corrected chi connectivity index (χ0v) is 20.8. The van der Waals surface area contributed by atoms with Crippen LogP contribution in [0.15, 0.2) is 79.0 Å². The molecule has 188 valence electrons. The van der Waals surface area contributed by atoms with E-state index in [1.54, 1.807) is 6.20 Å². The van der Waals surface area contributed by atoms with E-state index in [-0.39, 0.29) is 11.8 Å². The molecule has 0 spiro atoms. The topological polar surface area (TPSA) is 65.9 Å². The lowest BCUT2D eigenvalue weighted by Gasteiger charge is -2.43. The van der Waals surface area contributed by atoms with E-state index < -0.39 is 5.60 Å². The number of amides is 1. The summed E-state index contributed by atoms with van der Waals surface area (Å²) in [6, 6.07) is 23.5. The first-order valence-electron chi connectivity index (χ1n) is 13.1. The van der Waals surface area contributed by atoms with Crippen molar-refractivity contribution < 1.29 is 14.6 Å². The first kappa shape index (κ1) is 24.3. The highest BCUT2D eigenvalue weighted by atomic mass is 16.5. The number of carbonyl (C=O) groups excluding carboxylic acids is 1. The maximum atomic E-state index is 13.8. The summed E-state index contributed by atoms with van der Waals surface area (Å²) in [6.07, 6.45) is 6.85. The van der Waals surface area contributed by atoms with E-state index in [9.17, 15) is 9.90 Å². The second-order valence-electron chi connectivity index (χ2n) is 9.87. The predicted molar refractivity (Wildman–Crippen MR) is 141 cm³/mol. The Labute approximate surface area is 213 Å². The van der Waals surface area contributed by atoms with E-state index in [1.807, 2.05) is 77.7 Å². The second-order valence-corrected chi connectivity index (χ2v) is 9.87. The molecule has 36 heavy (non-hydrogen) atoms. The molecule has 1 aromatic heterocycles. The molecule has 6 nitrogen and oxygen atoms in total. The number of carbonyl (C=O) groups is 1. The van der Waals surface area contributed by atoms with Crippen LogP contribution in [0.5, 0.6) is 5.75 Å². The quantitative estimate of drug-likeness (QED) is 0.522. The van der Waals surface area contributed by atoms with E-state index in [0.29, 0.717) is 32.8 Å². The number of pyridine rings is 1. The molecule has 1 atom stereocenters. The Hall–Kier alpha value is -3.38. The Morgan fingerprint density at radius 1 is 0.889 bits per heavy atom. The van der Waals surface area contributed by atoms with E-state index in [1.165, 1.54) is 6.42 Å². The average molecular weight is 486 g/mol. The number of piperazine rings is 1. The molecule has 5 rings (SSSR count). The predicted octanol–water partition coefficient (Wildman–Crippen LogP) is 4.78. The normalized spacial score (nSPS) is 18.5. The van der Waals surface area contributed by atoms with Gasteiger partial charge in [0.15, 0.2) is 5.60 Å². The lowest BCUT2D eigenvalue weighted by atomic mass is 9.72. The molecule has 2 aliphatic rings. The first-order valence-corrected chi connectivity index (χ1v) is 13.1. The van der Waals surface area contributed by atoms with Crippen LogP contribution in [-0.4, -0.2) is 47.1 Å². The average Bonchev–Trinajstić information content (AvgIpc) is 2.97. The Balaban J connectivity index is 1.22. The number of anilines is 1. The lowest BCUT2D eigenvalue weighted by molar-refractivity contribution is -0.161. The fourth-order valence-corrected chi connectivity index (χ4v) is 5.51. The van der Waals surface area contributed by atoms with Crippen molar-refractivity contribution in [3.8, 4) is 5.75 Å². The van der Waals surface area contributed by atoms with E-state index >= 15 is 0 Å². The molecule has 0 radical (unpaired) electrons. The molecule has 6 heteroatoms. The van der Waals surface area contributed by atoms with Gasteiger partial charge in [-0.2, -0.15) is 0 Å². The van der Waals surface area contributed by atoms with Gasteiger partial charge in [0, 0.05) is 32.1 Å². The molecule has 0 bridgehead atoms. The first-order chi connectivity index (χ1) is 17.6. The Bertz CT molecular complexity index is 1110. The van der Waals surface area contributed by atoms with Gasteiger partial charge in [0.25, 0.3) is 5.91 Å². The summed E-state index contributed by atoms with van der Waals surface area (Å²) in [6.45, 7) is 2.99. The summed E-state index contributed by atoms with van der Waals surface area (Å²) in [5.74, 6) is 1.42. The smallest absolute Gasteiger partial charge is 0.259 e. The number of hydrogen-bond donors (Lipinski definition) is 1. The molecule has 1 N–H and O–H groups in total. The van der Waals surface area contributed by atoms with Crippen LogP contribution in [0, 0.1) is 5.92 Å². The van der Waals surface area contributed by atoms with Gasteiger partial charge in [0.2, 0.25) is 0 Å². The standard InChI is InChI=1S/C30H35N3O3/c34-29(30(35,25-12-6-2-7-13-25)26-14-8-3-9-15-26)33-20-18-32(19-21-33)28-17-16-27(22-31-28)36-23-24-10-4-1-5-11-24/h1-2,4-7,10-13,16-17,22,26,35H,3,8-9,14-15,18-21,23H2. The maximum absolute atomic E-state index is 13.8. The highest BCUT2D eigenvalue weighted by Crippen LogP contribution is 2.41. The second kappa shape index (κ2) is 11.1. The molecule has 1 aliphatic carbocycles. The molecule has 1 amide bonds. The summed E-state index contributed by atoms with van der Waals surface area (Å²) in [7, 11) is 0. The molecular weight excluding hydrogens is 450 g/mol. The van der Waals surface area contributed by atoms with E-state index in [0.717, 1.165) is 48.4 Å². The van der Waals surface area contributed by atoms with Crippen molar-refractivity contribution in [3.63, 3.8) is 0 Å². The van der Waals surface area contributed by atoms with Gasteiger partial charge >= 0.3 is 0 Å². The summed E-state index contributed by atoms with van der Waals surface area (Å²) >= 11 is 0. The molecule has 1 saturated heterocycles. The number of rotatable bonds is 7. The third-order valence-corrected chi connectivity index (χ3v) is 7.60. The highest BCUT2D eigenvalue weighted by molar-refractivity contribution is 5.87. The van der Waals surface area contributed by atoms with Gasteiger partial charge < -0.3 is 19.6 Å². The van der Waals surface area contributed by atoms with Crippen LogP contribution in [0.3, 0.4) is 0 Å². The minimum absolute atomic E-state index is 0.0377. The molecule has 2 fully saturated rings. The summed E-state index contributed by atoms with van der Waals surface area (Å²) in [5, 5.41) is 11.9. The number of hydrogen-bond acceptors (Lipinski definition) is 5. The van der Waals surface area contributed by atoms with Gasteiger partial charge in [0.1, 0.15) is 18.2 Å². The maximum Gasteiger partial charge on any atom is 0.259 e. The highest BCUT2D eigenvalue weighted by Gasteiger charge is 2.48. The largest absolute Gasteiger partial charge is 0.487 e. The van der Waals surface area contributed by atoms with Gasteiger partial charge in [-0.25, -0.2) is 4.98 Å². The van der Waals surface area contributed by atoms with Crippen molar-refractivity contribution in [3.05, 3.63) is 90.1 Å². The molecule has 2 heterocycles. The van der Waals surface area contributed by atoms with Gasteiger partial charge in [-0.3, -0.25) is 4.79 Å². The summed E-state index contributed by atoms with van der Waals surface area (Å²) in [4.78, 5) is 22.5. The number of benzene rings is 2. The lowest BCUT2D eigenvalue weighted by Crippen LogP contribution is -2.57. The van der Waals surface area contributed by atoms with Crippen LogP contribution < -0.4 is 9.64 Å². The molecular formula is C30H35N3O3. The fourth-order valence-electron chi connectivity index (χ4n) is 5.51. The Morgan fingerprint density at radius 3 is 2.19 bits per heavy atom. The van der Waals surface area contributed by atoms with Crippen LogP contribution in [0.2, 0.25) is 0 Å². The SMILES string of the molecule is O=C(N1CCN(c2ccc(OCc3ccccc3)cn2)CC1)C(O)(c1ccccc1)C1CCCCC1. The van der Waals surface area contributed by atoms with Gasteiger partial charge in [-0.15, -0.1) is 0 Å². The number of aliphatic hydroxyl groups is 1. The zero-order chi connectivity index (χ0) is 24.8. The van der Waals surface area contributed by atoms with Crippen molar-refractivity contribution in [2.75, 3.05) is 31.1 Å². The molecule has 1 unspecified atom stereocenters. The molecule has 1 saturated carbocycles. The Kier molecular flexibility index (Phi) is 7.52. The monoisotopic (exact) mass is 485 g/mol. The number of ether oxygens (including phenoxy) is 1. The summed E-state index contributed by atoms with van der Waals surface area (Å²) in [5.41, 5.74) is 0.378. The van der Waals surface area contributed by atoms with Crippen LogP contribution >= 0.6 is 0 Å². The zero-order valence-electron chi connectivity index (χ0n) is 20.8. The van der Waals surface area contributed by atoms with Crippen molar-refractivity contribution in [1.82, 2.24) is 9.88 Å². The van der Waals surface area contributed by atoms with E-state index in [4.69, 9.17) is 4.74 Å². The molecule has 2 aromatic carbocycles. The van der Waals surface area contributed by atoms with Crippen molar-refractivity contribution in [1.29, 1.82) is 0 Å².